The molecule has 0 aromatic heterocycles. The van der Waals surface area contributed by atoms with E-state index in [9.17, 15) is 0 Å². The molecule has 6 rings (SSSR count). The van der Waals surface area contributed by atoms with E-state index < -0.39 is 26.7 Å². The molecule has 3 aliphatic rings. The molecule has 0 unspecified atom stereocenters. The Morgan fingerprint density at radius 3 is 1.82 bits per heavy atom. The molecule has 7 heteroatoms. The summed E-state index contributed by atoms with van der Waals surface area (Å²) < 4.78 is 39.1. The fourth-order valence-electron chi connectivity index (χ4n) is 6.24. The fraction of sp³-hybridized carbons (Fsp3) is 0.438. The lowest BCUT2D eigenvalue weighted by atomic mass is 10.0. The van der Waals surface area contributed by atoms with Gasteiger partial charge in [0.05, 0.1) is 6.61 Å². The lowest BCUT2D eigenvalue weighted by molar-refractivity contribution is -0.312. The highest BCUT2D eigenvalue weighted by Gasteiger charge is 2.61. The quantitative estimate of drug-likeness (QED) is 0.409. The van der Waals surface area contributed by atoms with E-state index in [-0.39, 0.29) is 29.5 Å². The van der Waals surface area contributed by atoms with Crippen molar-refractivity contribution in [3.05, 3.63) is 96.6 Å². The first kappa shape index (κ1) is 26.8. The zero-order valence-electron chi connectivity index (χ0n) is 23.3. The zero-order chi connectivity index (χ0) is 27.3. The average Bonchev–Trinajstić information content (AvgIpc) is 3.41. The Kier molecular flexibility index (Phi) is 7.04. The van der Waals surface area contributed by atoms with Gasteiger partial charge in [-0.25, -0.2) is 0 Å². The van der Waals surface area contributed by atoms with Gasteiger partial charge in [-0.1, -0.05) is 112 Å². The van der Waals surface area contributed by atoms with Gasteiger partial charge in [0.2, 0.25) is 0 Å². The molecule has 0 amide bonds. The van der Waals surface area contributed by atoms with E-state index >= 15 is 0 Å². The predicted octanol–water partition coefficient (Wildman–Crippen LogP) is 4.92. The number of ether oxygens (including phenoxy) is 5. The first-order valence-corrected chi connectivity index (χ1v) is 15.7. The molecule has 3 aromatic carbocycles. The maximum Gasteiger partial charge on any atom is 0.261 e. The van der Waals surface area contributed by atoms with Crippen molar-refractivity contribution in [2.75, 3.05) is 6.61 Å². The Bertz CT molecular complexity index is 1210. The van der Waals surface area contributed by atoms with Crippen LogP contribution in [0.2, 0.25) is 5.04 Å². The minimum absolute atomic E-state index is 0.150. The summed E-state index contributed by atoms with van der Waals surface area (Å²) in [5.41, 5.74) is 0.952. The van der Waals surface area contributed by atoms with E-state index in [0.29, 0.717) is 6.61 Å². The second kappa shape index (κ2) is 10.2. The van der Waals surface area contributed by atoms with Crippen molar-refractivity contribution in [1.29, 1.82) is 0 Å². The monoisotopic (exact) mass is 546 g/mol. The van der Waals surface area contributed by atoms with E-state index in [1.807, 2.05) is 44.2 Å². The summed E-state index contributed by atoms with van der Waals surface area (Å²) >= 11 is 0. The highest BCUT2D eigenvalue weighted by molar-refractivity contribution is 6.99. The minimum atomic E-state index is -2.77. The Balaban J connectivity index is 1.36. The first-order chi connectivity index (χ1) is 18.7. The van der Waals surface area contributed by atoms with Crippen LogP contribution in [0.4, 0.5) is 0 Å². The van der Waals surface area contributed by atoms with Gasteiger partial charge in [-0.2, -0.15) is 0 Å². The maximum atomic E-state index is 7.26. The van der Waals surface area contributed by atoms with Crippen molar-refractivity contribution in [2.24, 2.45) is 0 Å². The molecule has 39 heavy (non-hydrogen) atoms. The van der Waals surface area contributed by atoms with Crippen LogP contribution in [0.15, 0.2) is 91.0 Å². The molecule has 0 spiro atoms. The van der Waals surface area contributed by atoms with E-state index in [0.717, 1.165) is 5.56 Å². The molecule has 3 aliphatic heterocycles. The molecule has 0 saturated carbocycles. The van der Waals surface area contributed by atoms with Gasteiger partial charge >= 0.3 is 0 Å². The lowest BCUT2D eigenvalue weighted by Crippen LogP contribution is -2.67. The van der Waals surface area contributed by atoms with Gasteiger partial charge in [0, 0.05) is 5.56 Å². The molecule has 3 heterocycles. The van der Waals surface area contributed by atoms with Crippen LogP contribution >= 0.6 is 0 Å². The smallest absolute Gasteiger partial charge is 0.261 e. The molecular weight excluding hydrogens is 508 g/mol. The lowest BCUT2D eigenvalue weighted by Gasteiger charge is -2.45. The third-order valence-electron chi connectivity index (χ3n) is 7.93. The summed E-state index contributed by atoms with van der Waals surface area (Å²) in [6.07, 6.45) is -2.51. The third-order valence-corrected chi connectivity index (χ3v) is 12.9. The molecule has 0 bridgehead atoms. The fourth-order valence-corrected chi connectivity index (χ4v) is 10.8. The SMILES string of the molecule is CC1(C)O[C@H]2O[C@H]3[C@H](O[C@@H](c4ccccc4)O[C@@H]3CO[Si](c3ccccc3)(c3ccccc3)C(C)(C)C)[C@H]2O1. The molecule has 0 N–H and O–H groups in total. The summed E-state index contributed by atoms with van der Waals surface area (Å²) in [7, 11) is -2.77. The second-order valence-corrected chi connectivity index (χ2v) is 16.4. The van der Waals surface area contributed by atoms with E-state index in [1.165, 1.54) is 10.4 Å². The van der Waals surface area contributed by atoms with Crippen molar-refractivity contribution < 1.29 is 28.1 Å². The average molecular weight is 547 g/mol. The van der Waals surface area contributed by atoms with E-state index in [4.69, 9.17) is 28.1 Å². The molecule has 0 radical (unpaired) electrons. The summed E-state index contributed by atoms with van der Waals surface area (Å²) in [5.74, 6) is -0.731. The number of fused-ring (bicyclic) bond motifs is 3. The second-order valence-electron chi connectivity index (χ2n) is 12.1. The van der Waals surface area contributed by atoms with E-state index in [1.54, 1.807) is 0 Å². The van der Waals surface area contributed by atoms with Crippen LogP contribution in [-0.2, 0) is 28.1 Å². The highest BCUT2D eigenvalue weighted by atomic mass is 28.4. The van der Waals surface area contributed by atoms with Gasteiger partial charge in [-0.15, -0.1) is 0 Å². The molecule has 206 valence electrons. The Morgan fingerprint density at radius 1 is 0.692 bits per heavy atom. The number of benzene rings is 3. The molecule has 6 nitrogen and oxygen atoms in total. The molecule has 3 fully saturated rings. The van der Waals surface area contributed by atoms with Gasteiger partial charge in [-0.05, 0) is 29.3 Å². The highest BCUT2D eigenvalue weighted by Crippen LogP contribution is 2.45. The molecule has 6 atom stereocenters. The molecular formula is C32H38O6Si. The maximum absolute atomic E-state index is 7.26. The Labute approximate surface area is 232 Å². The largest absolute Gasteiger partial charge is 0.405 e. The van der Waals surface area contributed by atoms with Crippen LogP contribution in [0.25, 0.3) is 0 Å². The zero-order valence-corrected chi connectivity index (χ0v) is 24.3. The molecule has 3 aromatic rings. The summed E-state index contributed by atoms with van der Waals surface area (Å²) in [4.78, 5) is 0. The predicted molar refractivity (Wildman–Crippen MR) is 151 cm³/mol. The summed E-state index contributed by atoms with van der Waals surface area (Å²) in [5, 5.41) is 2.30. The summed E-state index contributed by atoms with van der Waals surface area (Å²) in [6, 6.07) is 31.3. The van der Waals surface area contributed by atoms with E-state index in [2.05, 4.69) is 81.4 Å². The van der Waals surface area contributed by atoms with Gasteiger partial charge < -0.3 is 28.1 Å². The van der Waals surface area contributed by atoms with Crippen LogP contribution in [0.5, 0.6) is 0 Å². The van der Waals surface area contributed by atoms with Gasteiger partial charge in [0.1, 0.15) is 24.4 Å². The molecule has 0 aliphatic carbocycles. The standard InChI is InChI=1S/C32H38O6Si/c1-31(2,3)39(23-17-11-7-12-18-23,24-19-13-8-14-20-24)33-21-25-26-27(28-30(35-26)38-32(4,5)37-28)36-29(34-25)22-15-9-6-10-16-22/h6-20,25-30H,21H2,1-5H3/t25-,26-,27+,28-,29+,30-/m1/s1. The number of rotatable bonds is 6. The Morgan fingerprint density at radius 2 is 1.26 bits per heavy atom. The normalized spacial score (nSPS) is 30.1. The van der Waals surface area contributed by atoms with Crippen molar-refractivity contribution >= 4 is 18.7 Å². The van der Waals surface area contributed by atoms with Gasteiger partial charge in [-0.3, -0.25) is 0 Å². The van der Waals surface area contributed by atoms with Crippen LogP contribution in [0, 0.1) is 0 Å². The molecule has 3 saturated heterocycles. The van der Waals surface area contributed by atoms with Crippen molar-refractivity contribution in [2.45, 2.75) is 82.4 Å². The van der Waals surface area contributed by atoms with Crippen LogP contribution in [-0.4, -0.2) is 51.4 Å². The van der Waals surface area contributed by atoms with Crippen molar-refractivity contribution in [3.63, 3.8) is 0 Å². The van der Waals surface area contributed by atoms with Crippen molar-refractivity contribution in [3.8, 4) is 0 Å². The van der Waals surface area contributed by atoms with Crippen LogP contribution in [0.1, 0.15) is 46.5 Å². The topological polar surface area (TPSA) is 55.4 Å². The number of hydrogen-bond donors (Lipinski definition) is 0. The van der Waals surface area contributed by atoms with Crippen molar-refractivity contribution in [1.82, 2.24) is 0 Å². The third kappa shape index (κ3) is 4.91. The van der Waals surface area contributed by atoms with Gasteiger partial charge in [0.25, 0.3) is 8.32 Å². The summed E-state index contributed by atoms with van der Waals surface area (Å²) in [6.45, 7) is 11.0. The Hall–Kier alpha value is -2.36. The van der Waals surface area contributed by atoms with Gasteiger partial charge in [0.15, 0.2) is 18.4 Å². The first-order valence-electron chi connectivity index (χ1n) is 13.8. The van der Waals surface area contributed by atoms with Crippen LogP contribution < -0.4 is 10.4 Å². The van der Waals surface area contributed by atoms with Crippen LogP contribution in [0.3, 0.4) is 0 Å². The number of hydrogen-bond acceptors (Lipinski definition) is 6. The minimum Gasteiger partial charge on any atom is -0.405 e.